The van der Waals surface area contributed by atoms with Crippen LogP contribution in [0.3, 0.4) is 0 Å². The molecule has 1 aromatic carbocycles. The molecular weight excluding hydrogens is 260 g/mol. The molecule has 0 saturated carbocycles. The van der Waals surface area contributed by atoms with E-state index >= 15 is 0 Å². The number of nitrogens with zero attached hydrogens (tertiary/aromatic N) is 1. The Kier molecular flexibility index (Phi) is 6.51. The molecule has 0 aliphatic heterocycles. The van der Waals surface area contributed by atoms with E-state index in [1.54, 1.807) is 0 Å². The second kappa shape index (κ2) is 8.65. The van der Waals surface area contributed by atoms with Gasteiger partial charge in [-0.05, 0) is 57.0 Å². The average molecular weight is 286 g/mol. The van der Waals surface area contributed by atoms with Crippen LogP contribution in [0.15, 0.2) is 47.7 Å². The van der Waals surface area contributed by atoms with Crippen molar-refractivity contribution >= 4 is 6.08 Å². The number of benzene rings is 1. The Hall–Kier alpha value is -1.58. The molecule has 1 aliphatic carbocycles. The third-order valence-corrected chi connectivity index (χ3v) is 3.56. The zero-order chi connectivity index (χ0) is 14.9. The van der Waals surface area contributed by atoms with Crippen molar-refractivity contribution in [2.24, 2.45) is 0 Å². The molecule has 21 heavy (non-hydrogen) atoms. The van der Waals surface area contributed by atoms with Gasteiger partial charge >= 0.3 is 0 Å². The van der Waals surface area contributed by atoms with E-state index in [1.165, 1.54) is 24.0 Å². The van der Waals surface area contributed by atoms with E-state index in [0.29, 0.717) is 6.61 Å². The smallest absolute Gasteiger partial charge is 0.0872 e. The minimum atomic E-state index is 0.683. The third-order valence-electron chi connectivity index (χ3n) is 3.56. The number of hydroxylamine groups is 1. The molecule has 1 aliphatic rings. The van der Waals surface area contributed by atoms with Crippen molar-refractivity contribution in [3.8, 4) is 0 Å². The molecule has 0 radical (unpaired) electrons. The number of likely N-dealkylation sites (N-methyl/N-ethyl adjacent to an activating group) is 1. The van der Waals surface area contributed by atoms with Crippen molar-refractivity contribution in [1.29, 1.82) is 0 Å². The van der Waals surface area contributed by atoms with Gasteiger partial charge in [-0.25, -0.2) is 0 Å². The van der Waals surface area contributed by atoms with Gasteiger partial charge in [0.05, 0.1) is 12.3 Å². The second-order valence-corrected chi connectivity index (χ2v) is 5.70. The lowest BCUT2D eigenvalue weighted by atomic mass is 10.0. The highest BCUT2D eigenvalue weighted by molar-refractivity contribution is 5.58. The van der Waals surface area contributed by atoms with Crippen molar-refractivity contribution in [3.05, 3.63) is 53.2 Å². The molecule has 0 atom stereocenters. The summed E-state index contributed by atoms with van der Waals surface area (Å²) < 4.78 is 0. The van der Waals surface area contributed by atoms with Crippen LogP contribution in [0.2, 0.25) is 0 Å². The van der Waals surface area contributed by atoms with Gasteiger partial charge in [-0.3, -0.25) is 10.3 Å². The predicted octanol–water partition coefficient (Wildman–Crippen LogP) is 3.61. The number of hydrogen-bond donors (Lipinski definition) is 1. The topological polar surface area (TPSA) is 24.5 Å². The maximum absolute atomic E-state index is 5.61. The largest absolute Gasteiger partial charge is 0.307 e. The Morgan fingerprint density at radius 1 is 1.19 bits per heavy atom. The Labute approximate surface area is 128 Å². The monoisotopic (exact) mass is 286 g/mol. The van der Waals surface area contributed by atoms with Crippen LogP contribution in [0.5, 0.6) is 0 Å². The third kappa shape index (κ3) is 5.74. The van der Waals surface area contributed by atoms with Crippen molar-refractivity contribution < 1.29 is 4.84 Å². The van der Waals surface area contributed by atoms with Crippen LogP contribution in [0.4, 0.5) is 0 Å². The Morgan fingerprint density at radius 2 is 2.00 bits per heavy atom. The lowest BCUT2D eigenvalue weighted by molar-refractivity contribution is 0.0537. The summed E-state index contributed by atoms with van der Waals surface area (Å²) in [7, 11) is 4.10. The first-order valence-electron chi connectivity index (χ1n) is 7.74. The van der Waals surface area contributed by atoms with Crippen LogP contribution in [-0.4, -0.2) is 32.1 Å². The fourth-order valence-corrected chi connectivity index (χ4v) is 2.34. The van der Waals surface area contributed by atoms with Crippen molar-refractivity contribution in [2.45, 2.75) is 25.7 Å². The SMILES string of the molecule is CN(C)CCONC1=CCCCCC1=Cc1ccccc1. The summed E-state index contributed by atoms with van der Waals surface area (Å²) in [6.07, 6.45) is 9.22. The Morgan fingerprint density at radius 3 is 2.76 bits per heavy atom. The highest BCUT2D eigenvalue weighted by Crippen LogP contribution is 2.24. The van der Waals surface area contributed by atoms with Crippen molar-refractivity contribution in [3.63, 3.8) is 0 Å². The van der Waals surface area contributed by atoms with E-state index in [9.17, 15) is 0 Å². The Bertz CT molecular complexity index is 477. The first-order valence-corrected chi connectivity index (χ1v) is 7.74. The maximum atomic E-state index is 5.61. The van der Waals surface area contributed by atoms with Crippen LogP contribution >= 0.6 is 0 Å². The fraction of sp³-hybridized carbons (Fsp3) is 0.444. The van der Waals surface area contributed by atoms with Gasteiger partial charge in [0.1, 0.15) is 0 Å². The van der Waals surface area contributed by atoms with Crippen LogP contribution in [-0.2, 0) is 4.84 Å². The normalized spacial score (nSPS) is 17.7. The molecule has 0 heterocycles. The molecule has 0 unspecified atom stereocenters. The highest BCUT2D eigenvalue weighted by Gasteiger charge is 2.09. The minimum absolute atomic E-state index is 0.683. The quantitative estimate of drug-likeness (QED) is 0.638. The van der Waals surface area contributed by atoms with Gasteiger partial charge < -0.3 is 4.90 Å². The average Bonchev–Trinajstić information content (AvgIpc) is 2.70. The van der Waals surface area contributed by atoms with Crippen LogP contribution < -0.4 is 5.48 Å². The van der Waals surface area contributed by atoms with Crippen LogP contribution in [0, 0.1) is 0 Å². The molecular formula is C18H26N2O. The zero-order valence-electron chi connectivity index (χ0n) is 13.1. The molecule has 0 spiro atoms. The summed E-state index contributed by atoms with van der Waals surface area (Å²) in [5.41, 5.74) is 6.87. The number of hydrogen-bond acceptors (Lipinski definition) is 3. The van der Waals surface area contributed by atoms with E-state index in [0.717, 1.165) is 25.1 Å². The van der Waals surface area contributed by atoms with Gasteiger partial charge in [-0.2, -0.15) is 0 Å². The van der Waals surface area contributed by atoms with E-state index in [-0.39, 0.29) is 0 Å². The molecule has 0 aromatic heterocycles. The van der Waals surface area contributed by atoms with E-state index in [2.05, 4.69) is 67.0 Å². The molecule has 3 heteroatoms. The van der Waals surface area contributed by atoms with Crippen LogP contribution in [0.1, 0.15) is 31.2 Å². The summed E-state index contributed by atoms with van der Waals surface area (Å²) in [6, 6.07) is 10.5. The van der Waals surface area contributed by atoms with Gasteiger partial charge in [0.15, 0.2) is 0 Å². The molecule has 3 nitrogen and oxygen atoms in total. The summed E-state index contributed by atoms with van der Waals surface area (Å²) in [5.74, 6) is 0. The molecule has 0 saturated heterocycles. The highest BCUT2D eigenvalue weighted by atomic mass is 16.6. The number of allylic oxidation sites excluding steroid dienone is 2. The van der Waals surface area contributed by atoms with Gasteiger partial charge in [0.25, 0.3) is 0 Å². The molecule has 1 N–H and O–H groups in total. The van der Waals surface area contributed by atoms with E-state index in [4.69, 9.17) is 4.84 Å². The fourth-order valence-electron chi connectivity index (χ4n) is 2.34. The first kappa shape index (κ1) is 15.8. The maximum Gasteiger partial charge on any atom is 0.0872 e. The number of nitrogens with one attached hydrogen (secondary N) is 1. The van der Waals surface area contributed by atoms with Gasteiger partial charge in [0.2, 0.25) is 0 Å². The van der Waals surface area contributed by atoms with E-state index in [1.807, 2.05) is 0 Å². The second-order valence-electron chi connectivity index (χ2n) is 5.70. The number of rotatable bonds is 6. The van der Waals surface area contributed by atoms with Crippen molar-refractivity contribution in [1.82, 2.24) is 10.4 Å². The van der Waals surface area contributed by atoms with Gasteiger partial charge in [0, 0.05) is 6.54 Å². The molecule has 114 valence electrons. The summed E-state index contributed by atoms with van der Waals surface area (Å²) in [5, 5.41) is 0. The Balaban J connectivity index is 2.00. The first-order chi connectivity index (χ1) is 10.3. The molecule has 0 bridgehead atoms. The lowest BCUT2D eigenvalue weighted by Crippen LogP contribution is -2.23. The van der Waals surface area contributed by atoms with Gasteiger partial charge in [-0.1, -0.05) is 36.4 Å². The minimum Gasteiger partial charge on any atom is -0.307 e. The standard InChI is InChI=1S/C18H26N2O/c1-20(2)13-14-21-19-18-12-8-4-7-11-17(18)15-16-9-5-3-6-10-16/h3,5-6,9-10,12,15,19H,4,7-8,11,13-14H2,1-2H3. The molecule has 1 aromatic rings. The molecule has 0 amide bonds. The molecule has 0 fully saturated rings. The predicted molar refractivity (Wildman–Crippen MR) is 88.6 cm³/mol. The lowest BCUT2D eigenvalue weighted by Gasteiger charge is -2.15. The van der Waals surface area contributed by atoms with Gasteiger partial charge in [-0.15, -0.1) is 0 Å². The summed E-state index contributed by atoms with van der Waals surface area (Å²) >= 11 is 0. The van der Waals surface area contributed by atoms with Crippen LogP contribution in [0.25, 0.3) is 6.08 Å². The van der Waals surface area contributed by atoms with Crippen molar-refractivity contribution in [2.75, 3.05) is 27.2 Å². The van der Waals surface area contributed by atoms with E-state index < -0.39 is 0 Å². The molecule has 2 rings (SSSR count). The summed E-state index contributed by atoms with van der Waals surface area (Å²) in [4.78, 5) is 7.72. The zero-order valence-corrected chi connectivity index (χ0v) is 13.1. The summed E-state index contributed by atoms with van der Waals surface area (Å²) in [6.45, 7) is 1.60.